The quantitative estimate of drug-likeness (QED) is 0.519. The van der Waals surface area contributed by atoms with Crippen LogP contribution in [0.25, 0.3) is 0 Å². The number of rotatable bonds is 8. The first-order chi connectivity index (χ1) is 6.81. The van der Waals surface area contributed by atoms with Crippen LogP contribution in [0.5, 0.6) is 0 Å². The molecule has 0 aliphatic heterocycles. The summed E-state index contributed by atoms with van der Waals surface area (Å²) in [6.07, 6.45) is 4.27. The van der Waals surface area contributed by atoms with Gasteiger partial charge >= 0.3 is 8.60 Å². The second-order valence-electron chi connectivity index (χ2n) is 2.46. The standard InChI is InChI=1S/C7H18NO3P.C2H6.CH4.H2O.2H2/c1-10-12(9)11-7-5-3-2-4-6-8;1-2;;;;/h9H,2-8H2,1H3;1-2H3;1H4;1H2;2*1H. The number of hydrogen-bond acceptors (Lipinski definition) is 4. The third-order valence-corrected chi connectivity index (χ3v) is 2.17. The molecule has 0 aromatic carbocycles. The first-order valence-electron chi connectivity index (χ1n) is 5.17. The molecule has 0 spiro atoms. The third kappa shape index (κ3) is 23.8. The van der Waals surface area contributed by atoms with Crippen LogP contribution >= 0.6 is 8.60 Å². The summed E-state index contributed by atoms with van der Waals surface area (Å²) < 4.78 is 9.49. The van der Waals surface area contributed by atoms with Crippen LogP contribution in [0, 0.1) is 0 Å². The Hall–Kier alpha value is 0.230. The van der Waals surface area contributed by atoms with Gasteiger partial charge in [-0.3, -0.25) is 0 Å². The van der Waals surface area contributed by atoms with Gasteiger partial charge in [-0.15, -0.1) is 0 Å². The van der Waals surface area contributed by atoms with E-state index in [9.17, 15) is 0 Å². The minimum Gasteiger partial charge on any atom is -0.412 e. The molecule has 5 nitrogen and oxygen atoms in total. The molecule has 5 N–H and O–H groups in total. The van der Waals surface area contributed by atoms with Crippen molar-refractivity contribution in [3.8, 4) is 0 Å². The van der Waals surface area contributed by atoms with Gasteiger partial charge in [-0.1, -0.05) is 34.1 Å². The molecule has 0 amide bonds. The van der Waals surface area contributed by atoms with Crippen molar-refractivity contribution < 1.29 is 22.3 Å². The highest BCUT2D eigenvalue weighted by Crippen LogP contribution is 2.31. The van der Waals surface area contributed by atoms with Crippen molar-refractivity contribution in [2.75, 3.05) is 20.3 Å². The van der Waals surface area contributed by atoms with Crippen molar-refractivity contribution in [1.82, 2.24) is 0 Å². The predicted molar refractivity (Wildman–Crippen MR) is 75.5 cm³/mol. The molecule has 0 aliphatic carbocycles. The van der Waals surface area contributed by atoms with Gasteiger partial charge in [0.15, 0.2) is 0 Å². The smallest absolute Gasteiger partial charge is 0.329 e. The molecule has 0 rings (SSSR count). The van der Waals surface area contributed by atoms with Crippen LogP contribution in [0.2, 0.25) is 0 Å². The number of nitrogens with two attached hydrogens (primary N) is 1. The van der Waals surface area contributed by atoms with Crippen molar-refractivity contribution in [2.45, 2.75) is 47.0 Å². The van der Waals surface area contributed by atoms with Gasteiger partial charge in [-0.2, -0.15) is 0 Å². The van der Waals surface area contributed by atoms with E-state index >= 15 is 0 Å². The second kappa shape index (κ2) is 24.5. The molecule has 1 atom stereocenters. The summed E-state index contributed by atoms with van der Waals surface area (Å²) in [5.41, 5.74) is 5.32. The molecule has 108 valence electrons. The first kappa shape index (κ1) is 25.2. The van der Waals surface area contributed by atoms with E-state index in [1.165, 1.54) is 7.11 Å². The van der Waals surface area contributed by atoms with Gasteiger partial charge in [0, 0.05) is 9.96 Å². The summed E-state index contributed by atoms with van der Waals surface area (Å²) >= 11 is 0. The highest BCUT2D eigenvalue weighted by Gasteiger charge is 2.01. The lowest BCUT2D eigenvalue weighted by Crippen LogP contribution is -1.98. The second-order valence-corrected chi connectivity index (χ2v) is 3.56. The molecule has 0 heterocycles. The third-order valence-electron chi connectivity index (χ3n) is 1.46. The van der Waals surface area contributed by atoms with Crippen molar-refractivity contribution in [3.05, 3.63) is 0 Å². The van der Waals surface area contributed by atoms with E-state index in [-0.39, 0.29) is 15.8 Å². The first-order valence-corrected chi connectivity index (χ1v) is 6.30. The van der Waals surface area contributed by atoms with E-state index in [1.807, 2.05) is 13.8 Å². The molecule has 0 radical (unpaired) electrons. The number of hydrogen-bond donors (Lipinski definition) is 2. The van der Waals surface area contributed by atoms with E-state index in [2.05, 4.69) is 4.52 Å². The van der Waals surface area contributed by atoms with Gasteiger partial charge in [0.1, 0.15) is 0 Å². The summed E-state index contributed by atoms with van der Waals surface area (Å²) in [4.78, 5) is 8.86. The molecule has 16 heavy (non-hydrogen) atoms. The average molecular weight is 263 g/mol. The Morgan fingerprint density at radius 1 is 1.19 bits per heavy atom. The summed E-state index contributed by atoms with van der Waals surface area (Å²) in [6, 6.07) is 0. The van der Waals surface area contributed by atoms with Crippen LogP contribution in [0.4, 0.5) is 0 Å². The SMILES string of the molecule is C.CC.COP(O)OCCCCCCN.O.[HH].[HH]. The Morgan fingerprint density at radius 3 is 2.12 bits per heavy atom. The van der Waals surface area contributed by atoms with Crippen LogP contribution < -0.4 is 5.73 Å². The average Bonchev–Trinajstić information content (AvgIpc) is 2.25. The summed E-state index contributed by atoms with van der Waals surface area (Å²) in [6.45, 7) is 5.33. The molecule has 0 saturated carbocycles. The zero-order chi connectivity index (χ0) is 11.2. The lowest BCUT2D eigenvalue weighted by molar-refractivity contribution is 0.224. The Balaban J connectivity index is -0.0000000569. The van der Waals surface area contributed by atoms with Crippen molar-refractivity contribution in [3.63, 3.8) is 0 Å². The summed E-state index contributed by atoms with van der Waals surface area (Å²) in [5.74, 6) is 0. The molecule has 0 fully saturated rings. The number of unbranched alkanes of at least 4 members (excludes halogenated alkanes) is 3. The predicted octanol–water partition coefficient (Wildman–Crippen LogP) is 2.72. The maximum absolute atomic E-state index is 8.86. The van der Waals surface area contributed by atoms with Crippen LogP contribution in [-0.4, -0.2) is 30.6 Å². The van der Waals surface area contributed by atoms with Gasteiger partial charge in [0.05, 0.1) is 6.61 Å². The van der Waals surface area contributed by atoms with Gasteiger partial charge < -0.3 is 25.2 Å². The molecule has 0 bridgehead atoms. The fourth-order valence-corrected chi connectivity index (χ4v) is 1.19. The highest BCUT2D eigenvalue weighted by atomic mass is 31.2. The Kier molecular flexibility index (Phi) is 38.5. The van der Waals surface area contributed by atoms with Crippen molar-refractivity contribution in [1.29, 1.82) is 0 Å². The Morgan fingerprint density at radius 2 is 1.69 bits per heavy atom. The van der Waals surface area contributed by atoms with E-state index in [1.54, 1.807) is 0 Å². The van der Waals surface area contributed by atoms with E-state index in [0.29, 0.717) is 6.61 Å². The molecule has 0 saturated heterocycles. The molecule has 0 aliphatic rings. The van der Waals surface area contributed by atoms with E-state index < -0.39 is 8.60 Å². The Bertz CT molecular complexity index is 108. The maximum atomic E-state index is 8.86. The van der Waals surface area contributed by atoms with Crippen molar-refractivity contribution in [2.24, 2.45) is 5.73 Å². The highest BCUT2D eigenvalue weighted by molar-refractivity contribution is 7.40. The summed E-state index contributed by atoms with van der Waals surface area (Å²) in [7, 11) is -0.197. The van der Waals surface area contributed by atoms with Gasteiger partial charge in [-0.25, -0.2) is 0 Å². The van der Waals surface area contributed by atoms with Crippen LogP contribution in [0.3, 0.4) is 0 Å². The molecule has 0 aromatic heterocycles. The minimum absolute atomic E-state index is 0. The zero-order valence-electron chi connectivity index (χ0n) is 10.0. The molecule has 0 aromatic rings. The fourth-order valence-electron chi connectivity index (χ4n) is 0.795. The maximum Gasteiger partial charge on any atom is 0.329 e. The zero-order valence-corrected chi connectivity index (χ0v) is 10.9. The van der Waals surface area contributed by atoms with E-state index in [4.69, 9.17) is 15.2 Å². The molecular formula is C10H34NO4P. The monoisotopic (exact) mass is 263 g/mol. The van der Waals surface area contributed by atoms with Gasteiger partial charge in [-0.05, 0) is 19.4 Å². The lowest BCUT2D eigenvalue weighted by Gasteiger charge is -2.06. The van der Waals surface area contributed by atoms with Crippen molar-refractivity contribution >= 4 is 8.60 Å². The van der Waals surface area contributed by atoms with Crippen LogP contribution in [-0.2, 0) is 9.05 Å². The Labute approximate surface area is 105 Å². The van der Waals surface area contributed by atoms with Crippen LogP contribution in [0.15, 0.2) is 0 Å². The van der Waals surface area contributed by atoms with Gasteiger partial charge in [0.25, 0.3) is 0 Å². The fraction of sp³-hybridized carbons (Fsp3) is 1.00. The molecule has 6 heteroatoms. The normalized spacial score (nSPS) is 10.3. The topological polar surface area (TPSA) is 96.2 Å². The van der Waals surface area contributed by atoms with Crippen LogP contribution in [0.1, 0.15) is 49.8 Å². The van der Waals surface area contributed by atoms with E-state index in [0.717, 1.165) is 32.2 Å². The summed E-state index contributed by atoms with van der Waals surface area (Å²) in [5, 5.41) is 0. The minimum atomic E-state index is -1.63. The molecule has 1 unspecified atom stereocenters. The van der Waals surface area contributed by atoms with Gasteiger partial charge in [0.2, 0.25) is 0 Å². The lowest BCUT2D eigenvalue weighted by atomic mass is 10.2. The largest absolute Gasteiger partial charge is 0.412 e. The molecular weight excluding hydrogens is 229 g/mol.